The molecule has 0 radical (unpaired) electrons. The molecule has 2 aliphatic rings. The lowest BCUT2D eigenvalue weighted by Gasteiger charge is -2.39. The van der Waals surface area contributed by atoms with Crippen LogP contribution >= 0.6 is 0 Å². The Morgan fingerprint density at radius 2 is 1.94 bits per heavy atom. The average Bonchev–Trinajstić information content (AvgIpc) is 3.32. The van der Waals surface area contributed by atoms with Gasteiger partial charge in [-0.2, -0.15) is 0 Å². The molecule has 2 aromatic carbocycles. The Hall–Kier alpha value is -2.70. The number of carbonyl (C=O) groups is 1. The molecule has 33 heavy (non-hydrogen) atoms. The summed E-state index contributed by atoms with van der Waals surface area (Å²) < 4.78 is 22.1. The van der Waals surface area contributed by atoms with Crippen molar-refractivity contribution in [1.29, 1.82) is 0 Å². The topological polar surface area (TPSA) is 60.5 Å². The summed E-state index contributed by atoms with van der Waals surface area (Å²) in [5.41, 5.74) is 10.5. The zero-order valence-corrected chi connectivity index (χ0v) is 19.4. The summed E-state index contributed by atoms with van der Waals surface area (Å²) in [6.07, 6.45) is 5.55. The molecule has 5 rings (SSSR count). The highest BCUT2D eigenvalue weighted by Gasteiger charge is 2.44. The Morgan fingerprint density at radius 1 is 1.18 bits per heavy atom. The highest BCUT2D eigenvalue weighted by Crippen LogP contribution is 2.45. The number of aromatic nitrogens is 1. The van der Waals surface area contributed by atoms with E-state index in [0.717, 1.165) is 58.8 Å². The lowest BCUT2D eigenvalue weighted by molar-refractivity contribution is 0.0572. The van der Waals surface area contributed by atoms with Gasteiger partial charge in [0.05, 0.1) is 17.7 Å². The second-order valence-corrected chi connectivity index (χ2v) is 9.53. The minimum Gasteiger partial charge on any atom is -0.383 e. The number of nitrogens with zero attached hydrogens (tertiary/aromatic N) is 2. The molecule has 5 nitrogen and oxygen atoms in total. The van der Waals surface area contributed by atoms with Gasteiger partial charge in [0.2, 0.25) is 0 Å². The van der Waals surface area contributed by atoms with Crippen LogP contribution in [0.2, 0.25) is 0 Å². The lowest BCUT2D eigenvalue weighted by Crippen LogP contribution is -2.46. The number of aryl methyl sites for hydroxylation is 1. The molecule has 2 unspecified atom stereocenters. The summed E-state index contributed by atoms with van der Waals surface area (Å²) in [6.45, 7) is 3.79. The van der Waals surface area contributed by atoms with E-state index in [1.807, 2.05) is 24.4 Å². The molecule has 1 amide bonds. The maximum absolute atomic E-state index is 14.7. The highest BCUT2D eigenvalue weighted by atomic mass is 19.1. The molecule has 1 aromatic heterocycles. The number of fused-ring (bicyclic) bond motifs is 3. The fourth-order valence-electron chi connectivity index (χ4n) is 6.02. The fraction of sp³-hybridized carbons (Fsp3) is 0.444. The molecule has 2 saturated heterocycles. The largest absolute Gasteiger partial charge is 0.383 e. The third-order valence-corrected chi connectivity index (χ3v) is 7.57. The molecule has 2 bridgehead atoms. The first-order valence-electron chi connectivity index (χ1n) is 11.9. The normalized spacial score (nSPS) is 22.3. The van der Waals surface area contributed by atoms with Crippen LogP contribution in [-0.2, 0) is 17.8 Å². The van der Waals surface area contributed by atoms with Gasteiger partial charge in [0, 0.05) is 43.9 Å². The summed E-state index contributed by atoms with van der Waals surface area (Å²) in [5, 5.41) is 0.999. The fourth-order valence-corrected chi connectivity index (χ4v) is 6.02. The maximum atomic E-state index is 14.7. The summed E-state index contributed by atoms with van der Waals surface area (Å²) >= 11 is 0. The Kier molecular flexibility index (Phi) is 5.97. The summed E-state index contributed by atoms with van der Waals surface area (Å²) in [4.78, 5) is 16.0. The van der Waals surface area contributed by atoms with E-state index in [0.29, 0.717) is 19.7 Å². The van der Waals surface area contributed by atoms with Crippen LogP contribution in [0.25, 0.3) is 10.9 Å². The molecule has 2 atom stereocenters. The Balaban J connectivity index is 1.45. The van der Waals surface area contributed by atoms with Crippen molar-refractivity contribution < 1.29 is 13.9 Å². The smallest absolute Gasteiger partial charge is 0.256 e. The molecule has 0 aliphatic carbocycles. The zero-order chi connectivity index (χ0) is 23.1. The molecule has 2 aliphatic heterocycles. The van der Waals surface area contributed by atoms with Crippen LogP contribution in [0.15, 0.2) is 42.6 Å². The van der Waals surface area contributed by atoms with Crippen molar-refractivity contribution in [3.8, 4) is 0 Å². The SMILES string of the molecule is COCCn1cc(C(=O)N2C3CCC2CC(c2cc(CN)ccc2F)C3)c2cccc(C)c21. The predicted octanol–water partition coefficient (Wildman–Crippen LogP) is 4.74. The van der Waals surface area contributed by atoms with E-state index in [1.165, 1.54) is 6.07 Å². The van der Waals surface area contributed by atoms with Crippen LogP contribution in [0.5, 0.6) is 0 Å². The summed E-state index contributed by atoms with van der Waals surface area (Å²) in [7, 11) is 1.69. The predicted molar refractivity (Wildman–Crippen MR) is 128 cm³/mol. The number of halogens is 1. The number of benzene rings is 2. The van der Waals surface area contributed by atoms with Gasteiger partial charge in [-0.3, -0.25) is 4.79 Å². The van der Waals surface area contributed by atoms with Gasteiger partial charge in [0.15, 0.2) is 0 Å². The molecular formula is C27H32FN3O2. The highest BCUT2D eigenvalue weighted by molar-refractivity contribution is 6.08. The number of methoxy groups -OCH3 is 1. The number of ether oxygens (including phenoxy) is 1. The third kappa shape index (κ3) is 3.85. The number of piperidine rings is 1. The van der Waals surface area contributed by atoms with Crippen LogP contribution < -0.4 is 5.73 Å². The van der Waals surface area contributed by atoms with Crippen molar-refractivity contribution in [2.75, 3.05) is 13.7 Å². The van der Waals surface area contributed by atoms with Crippen LogP contribution in [-0.4, -0.2) is 41.2 Å². The average molecular weight is 450 g/mol. The summed E-state index contributed by atoms with van der Waals surface area (Å²) in [6, 6.07) is 11.6. The minimum absolute atomic E-state index is 0.101. The Morgan fingerprint density at radius 3 is 2.64 bits per heavy atom. The van der Waals surface area contributed by atoms with Crippen LogP contribution in [0.1, 0.15) is 58.6 Å². The monoisotopic (exact) mass is 449 g/mol. The van der Waals surface area contributed by atoms with Gasteiger partial charge in [-0.25, -0.2) is 4.39 Å². The van der Waals surface area contributed by atoms with Crippen molar-refractivity contribution in [3.63, 3.8) is 0 Å². The zero-order valence-electron chi connectivity index (χ0n) is 19.4. The van der Waals surface area contributed by atoms with E-state index in [2.05, 4.69) is 22.5 Å². The van der Waals surface area contributed by atoms with Crippen LogP contribution in [0, 0.1) is 12.7 Å². The molecule has 2 fully saturated rings. The van der Waals surface area contributed by atoms with Crippen molar-refractivity contribution in [2.45, 2.75) is 63.7 Å². The maximum Gasteiger partial charge on any atom is 0.256 e. The number of hydrogen-bond donors (Lipinski definition) is 1. The quantitative estimate of drug-likeness (QED) is 0.591. The van der Waals surface area contributed by atoms with E-state index >= 15 is 0 Å². The molecule has 3 heterocycles. The van der Waals surface area contributed by atoms with Gasteiger partial charge in [-0.15, -0.1) is 0 Å². The van der Waals surface area contributed by atoms with Gasteiger partial charge in [0.1, 0.15) is 5.82 Å². The Labute approximate surface area is 194 Å². The third-order valence-electron chi connectivity index (χ3n) is 7.57. The van der Waals surface area contributed by atoms with Crippen LogP contribution in [0.4, 0.5) is 4.39 Å². The van der Waals surface area contributed by atoms with E-state index < -0.39 is 0 Å². The van der Waals surface area contributed by atoms with Crippen LogP contribution in [0.3, 0.4) is 0 Å². The van der Waals surface area contributed by atoms with Crippen molar-refractivity contribution in [3.05, 3.63) is 70.7 Å². The van der Waals surface area contributed by atoms with E-state index in [-0.39, 0.29) is 29.7 Å². The number of carbonyl (C=O) groups excluding carboxylic acids is 1. The van der Waals surface area contributed by atoms with Gasteiger partial charge in [0.25, 0.3) is 5.91 Å². The van der Waals surface area contributed by atoms with Gasteiger partial charge < -0.3 is 19.9 Å². The van der Waals surface area contributed by atoms with Crippen molar-refractivity contribution in [1.82, 2.24) is 9.47 Å². The van der Waals surface area contributed by atoms with Gasteiger partial charge >= 0.3 is 0 Å². The van der Waals surface area contributed by atoms with Gasteiger partial charge in [-0.05, 0) is 61.3 Å². The first kappa shape index (κ1) is 22.1. The van der Waals surface area contributed by atoms with E-state index in [9.17, 15) is 9.18 Å². The van der Waals surface area contributed by atoms with Gasteiger partial charge in [-0.1, -0.05) is 30.3 Å². The molecule has 174 valence electrons. The van der Waals surface area contributed by atoms with E-state index in [4.69, 9.17) is 10.5 Å². The second kappa shape index (κ2) is 8.92. The minimum atomic E-state index is -0.159. The lowest BCUT2D eigenvalue weighted by atomic mass is 9.84. The first-order chi connectivity index (χ1) is 16.0. The number of para-hydroxylation sites is 1. The summed E-state index contributed by atoms with van der Waals surface area (Å²) in [5.74, 6) is 0.0697. The molecule has 0 spiro atoms. The number of amides is 1. The molecule has 0 saturated carbocycles. The molecular weight excluding hydrogens is 417 g/mol. The second-order valence-electron chi connectivity index (χ2n) is 9.53. The first-order valence-corrected chi connectivity index (χ1v) is 11.9. The van der Waals surface area contributed by atoms with Crippen molar-refractivity contribution >= 4 is 16.8 Å². The molecule has 6 heteroatoms. The molecule has 3 aromatic rings. The standard InChI is InChI=1S/C27H32FN3O2/c1-17-4-3-5-22-24(16-30(26(17)22)10-11-33-2)27(32)31-20-7-8-21(31)14-19(13-20)23-12-18(15-29)6-9-25(23)28/h3-6,9,12,16,19-21H,7-8,10-11,13-15,29H2,1-2H3. The van der Waals surface area contributed by atoms with Crippen molar-refractivity contribution in [2.24, 2.45) is 5.73 Å². The number of nitrogens with two attached hydrogens (primary N) is 1. The number of rotatable bonds is 6. The molecule has 2 N–H and O–H groups in total. The Bertz CT molecular complexity index is 1170. The number of hydrogen-bond acceptors (Lipinski definition) is 3. The van der Waals surface area contributed by atoms with E-state index in [1.54, 1.807) is 13.2 Å².